The molecule has 0 aliphatic carbocycles. The molecule has 0 saturated carbocycles. The number of aliphatic hydroxyl groups excluding tert-OH is 1. The van der Waals surface area contributed by atoms with Gasteiger partial charge in [0.15, 0.2) is 21.4 Å². The molecule has 34 heavy (non-hydrogen) atoms. The summed E-state index contributed by atoms with van der Waals surface area (Å²) in [7, 11) is -3.79. The van der Waals surface area contributed by atoms with E-state index in [-0.39, 0.29) is 41.2 Å². The van der Waals surface area contributed by atoms with Gasteiger partial charge in [0.1, 0.15) is 18.4 Å². The fraction of sp³-hybridized carbons (Fsp3) is 0.500. The van der Waals surface area contributed by atoms with Gasteiger partial charge < -0.3 is 19.5 Å². The van der Waals surface area contributed by atoms with Crippen molar-refractivity contribution in [2.75, 3.05) is 25.4 Å². The number of carbonyl (C=O) groups is 1. The summed E-state index contributed by atoms with van der Waals surface area (Å²) in [6, 6.07) is 5.27. The van der Waals surface area contributed by atoms with Gasteiger partial charge in [-0.05, 0) is 44.9 Å². The van der Waals surface area contributed by atoms with Crippen molar-refractivity contribution in [1.29, 1.82) is 5.26 Å². The number of piperidine rings is 1. The van der Waals surface area contributed by atoms with Gasteiger partial charge in [-0.2, -0.15) is 10.4 Å². The van der Waals surface area contributed by atoms with E-state index in [1.807, 2.05) is 0 Å². The smallest absolute Gasteiger partial charge is 0.410 e. The van der Waals surface area contributed by atoms with Crippen molar-refractivity contribution in [1.82, 2.24) is 14.7 Å². The van der Waals surface area contributed by atoms with E-state index < -0.39 is 28.0 Å². The molecule has 1 fully saturated rings. The summed E-state index contributed by atoms with van der Waals surface area (Å²) in [6.45, 7) is 3.83. The number of aromatic nitrogens is 2. The number of amides is 1. The van der Waals surface area contributed by atoms with E-state index in [9.17, 15) is 22.9 Å². The number of sulfone groups is 1. The van der Waals surface area contributed by atoms with Crippen LogP contribution >= 0.6 is 0 Å². The SMILES string of the molecule is CC(C)OC(=O)N1CCC(n2ncc(COc3ccc(S(=O)(=O)CCO)cc3F)c2C#N)CC1. The highest BCUT2D eigenvalue weighted by molar-refractivity contribution is 7.91. The number of hydrogen-bond donors (Lipinski definition) is 1. The maximum atomic E-state index is 14.4. The van der Waals surface area contributed by atoms with Crippen molar-refractivity contribution in [2.45, 2.75) is 50.3 Å². The molecule has 12 heteroatoms. The van der Waals surface area contributed by atoms with E-state index in [1.54, 1.807) is 23.4 Å². The molecule has 2 heterocycles. The van der Waals surface area contributed by atoms with Crippen LogP contribution in [0.4, 0.5) is 9.18 Å². The summed E-state index contributed by atoms with van der Waals surface area (Å²) in [5.74, 6) is -1.54. The maximum absolute atomic E-state index is 14.4. The van der Waals surface area contributed by atoms with Crippen molar-refractivity contribution in [2.24, 2.45) is 0 Å². The Hall–Kier alpha value is -3.17. The lowest BCUT2D eigenvalue weighted by molar-refractivity contribution is 0.0652. The standard InChI is InChI=1S/C22H27FN4O6S/c1-15(2)33-22(29)26-7-5-17(6-8-26)27-20(12-24)16(13-25-27)14-32-21-4-3-18(11-19(21)23)34(30,31)10-9-28/h3-4,11,13,15,17,28H,5-10,14H2,1-2H3. The third-order valence-corrected chi connectivity index (χ3v) is 7.08. The second kappa shape index (κ2) is 10.8. The van der Waals surface area contributed by atoms with Crippen LogP contribution in [0.3, 0.4) is 0 Å². The summed E-state index contributed by atoms with van der Waals surface area (Å²) < 4.78 is 50.7. The van der Waals surface area contributed by atoms with Crippen LogP contribution in [-0.2, 0) is 21.2 Å². The van der Waals surface area contributed by atoms with Crippen LogP contribution in [0.2, 0.25) is 0 Å². The first-order valence-corrected chi connectivity index (χ1v) is 12.5. The minimum absolute atomic E-state index is 0.0840. The Labute approximate surface area is 197 Å². The van der Waals surface area contributed by atoms with E-state index in [0.29, 0.717) is 31.5 Å². The number of carbonyl (C=O) groups excluding carboxylic acids is 1. The summed E-state index contributed by atoms with van der Waals surface area (Å²) >= 11 is 0. The molecule has 0 bridgehead atoms. The van der Waals surface area contributed by atoms with Gasteiger partial charge in [0.05, 0.1) is 35.6 Å². The third kappa shape index (κ3) is 5.84. The molecule has 1 N–H and O–H groups in total. The van der Waals surface area contributed by atoms with Gasteiger partial charge in [0, 0.05) is 18.7 Å². The molecule has 0 radical (unpaired) electrons. The predicted molar refractivity (Wildman–Crippen MR) is 118 cm³/mol. The lowest BCUT2D eigenvalue weighted by Gasteiger charge is -2.32. The van der Waals surface area contributed by atoms with Crippen LogP contribution in [0, 0.1) is 17.1 Å². The molecule has 1 aromatic heterocycles. The molecule has 0 atom stereocenters. The Morgan fingerprint density at radius 1 is 1.35 bits per heavy atom. The van der Waals surface area contributed by atoms with Gasteiger partial charge in [-0.3, -0.25) is 4.68 Å². The van der Waals surface area contributed by atoms with E-state index in [4.69, 9.17) is 14.6 Å². The van der Waals surface area contributed by atoms with Crippen LogP contribution in [-0.4, -0.2) is 65.9 Å². The zero-order valence-corrected chi connectivity index (χ0v) is 19.8. The van der Waals surface area contributed by atoms with Crippen LogP contribution in [0.25, 0.3) is 0 Å². The van der Waals surface area contributed by atoms with E-state index >= 15 is 0 Å². The summed E-state index contributed by atoms with van der Waals surface area (Å²) in [5.41, 5.74) is 0.742. The second-order valence-corrected chi connectivity index (χ2v) is 10.3. The van der Waals surface area contributed by atoms with Crippen LogP contribution < -0.4 is 4.74 Å². The van der Waals surface area contributed by atoms with Crippen molar-refractivity contribution in [3.8, 4) is 11.8 Å². The minimum Gasteiger partial charge on any atom is -0.486 e. The Morgan fingerprint density at radius 2 is 2.06 bits per heavy atom. The molecule has 2 aromatic rings. The average Bonchev–Trinajstić information content (AvgIpc) is 3.20. The summed E-state index contributed by atoms with van der Waals surface area (Å²) in [4.78, 5) is 13.5. The first-order valence-electron chi connectivity index (χ1n) is 10.8. The first kappa shape index (κ1) is 25.5. The van der Waals surface area contributed by atoms with Gasteiger partial charge in [-0.1, -0.05) is 0 Å². The number of likely N-dealkylation sites (tertiary alicyclic amines) is 1. The normalized spacial score (nSPS) is 14.8. The molecule has 1 saturated heterocycles. The molecule has 0 spiro atoms. The quantitative estimate of drug-likeness (QED) is 0.591. The van der Waals surface area contributed by atoms with Crippen molar-refractivity contribution >= 4 is 15.9 Å². The lowest BCUT2D eigenvalue weighted by Crippen LogP contribution is -2.40. The zero-order valence-electron chi connectivity index (χ0n) is 19.0. The van der Waals surface area contributed by atoms with Gasteiger partial charge in [-0.25, -0.2) is 17.6 Å². The van der Waals surface area contributed by atoms with E-state index in [1.165, 1.54) is 18.3 Å². The largest absolute Gasteiger partial charge is 0.486 e. The summed E-state index contributed by atoms with van der Waals surface area (Å²) in [5, 5.41) is 22.8. The number of halogens is 1. The molecule has 1 aliphatic heterocycles. The minimum atomic E-state index is -3.79. The maximum Gasteiger partial charge on any atom is 0.410 e. The molecule has 184 valence electrons. The molecule has 1 amide bonds. The molecular formula is C22H27FN4O6S. The fourth-order valence-electron chi connectivity index (χ4n) is 3.66. The number of rotatable bonds is 8. The Bertz CT molecular complexity index is 1170. The summed E-state index contributed by atoms with van der Waals surface area (Å²) in [6.07, 6.45) is 2.12. The highest BCUT2D eigenvalue weighted by atomic mass is 32.2. The van der Waals surface area contributed by atoms with Crippen molar-refractivity contribution in [3.63, 3.8) is 0 Å². The van der Waals surface area contributed by atoms with Crippen molar-refractivity contribution < 1.29 is 32.2 Å². The first-order chi connectivity index (χ1) is 16.2. The molecule has 10 nitrogen and oxygen atoms in total. The van der Waals surface area contributed by atoms with Crippen LogP contribution in [0.15, 0.2) is 29.3 Å². The van der Waals surface area contributed by atoms with Crippen LogP contribution in [0.1, 0.15) is 44.0 Å². The van der Waals surface area contributed by atoms with E-state index in [0.717, 1.165) is 6.07 Å². The topological polar surface area (TPSA) is 135 Å². The number of ether oxygens (including phenoxy) is 2. The van der Waals surface area contributed by atoms with Crippen LogP contribution in [0.5, 0.6) is 5.75 Å². The molecule has 1 aromatic carbocycles. The van der Waals surface area contributed by atoms with Gasteiger partial charge in [0.2, 0.25) is 0 Å². The monoisotopic (exact) mass is 494 g/mol. The lowest BCUT2D eigenvalue weighted by atomic mass is 10.1. The molecule has 0 unspecified atom stereocenters. The predicted octanol–water partition coefficient (Wildman–Crippen LogP) is 2.42. The number of hydrogen-bond acceptors (Lipinski definition) is 8. The highest BCUT2D eigenvalue weighted by Gasteiger charge is 2.28. The van der Waals surface area contributed by atoms with Gasteiger partial charge in [-0.15, -0.1) is 0 Å². The molecular weight excluding hydrogens is 467 g/mol. The number of nitriles is 1. The van der Waals surface area contributed by atoms with Crippen molar-refractivity contribution in [3.05, 3.63) is 41.5 Å². The zero-order chi connectivity index (χ0) is 24.9. The Balaban J connectivity index is 1.66. The fourth-order valence-corrected chi connectivity index (χ4v) is 4.69. The second-order valence-electron chi connectivity index (χ2n) is 8.15. The number of aliphatic hydroxyl groups is 1. The number of nitrogens with zero attached hydrogens (tertiary/aromatic N) is 4. The average molecular weight is 495 g/mol. The molecule has 1 aliphatic rings. The van der Waals surface area contributed by atoms with E-state index in [2.05, 4.69) is 11.2 Å². The Morgan fingerprint density at radius 3 is 2.65 bits per heavy atom. The van der Waals surface area contributed by atoms with Gasteiger partial charge >= 0.3 is 6.09 Å². The third-order valence-electron chi connectivity index (χ3n) is 5.39. The van der Waals surface area contributed by atoms with Gasteiger partial charge in [0.25, 0.3) is 0 Å². The Kier molecular flexibility index (Phi) is 8.11. The molecule has 3 rings (SSSR count). The number of benzene rings is 1. The highest BCUT2D eigenvalue weighted by Crippen LogP contribution is 2.27.